The fourth-order valence-corrected chi connectivity index (χ4v) is 2.74. The van der Waals surface area contributed by atoms with Crippen molar-refractivity contribution in [3.8, 4) is 11.5 Å². The van der Waals surface area contributed by atoms with Crippen molar-refractivity contribution >= 4 is 16.9 Å². The minimum absolute atomic E-state index is 0.0658. The quantitative estimate of drug-likeness (QED) is 0.599. The maximum atomic E-state index is 11.7. The van der Waals surface area contributed by atoms with Crippen molar-refractivity contribution in [3.63, 3.8) is 0 Å². The first-order valence-corrected chi connectivity index (χ1v) is 8.56. The second-order valence-electron chi connectivity index (χ2n) is 5.68. The third-order valence-corrected chi connectivity index (χ3v) is 4.01. The average Bonchev–Trinajstić information content (AvgIpc) is 3.01. The van der Waals surface area contributed by atoms with Gasteiger partial charge in [0.2, 0.25) is 5.89 Å². The normalized spacial score (nSPS) is 11.7. The Kier molecular flexibility index (Phi) is 5.91. The van der Waals surface area contributed by atoms with E-state index < -0.39 is 0 Å². The topological polar surface area (TPSA) is 43.1 Å². The molecule has 3 rings (SSSR count). The third-order valence-electron chi connectivity index (χ3n) is 4.01. The molecule has 0 saturated carbocycles. The molecule has 3 heteroatoms. The van der Waals surface area contributed by atoms with E-state index in [1.54, 1.807) is 6.92 Å². The van der Waals surface area contributed by atoms with Gasteiger partial charge in [-0.1, -0.05) is 44.5 Å². The van der Waals surface area contributed by atoms with Crippen LogP contribution in [0.1, 0.15) is 51.2 Å². The summed E-state index contributed by atoms with van der Waals surface area (Å²) in [7, 11) is 0. The Bertz CT molecular complexity index is 815. The molecule has 0 aliphatic rings. The summed E-state index contributed by atoms with van der Waals surface area (Å²) in [5.74, 6) is 0.732. The van der Waals surface area contributed by atoms with Crippen LogP contribution in [0.3, 0.4) is 0 Å². The number of aryl methyl sites for hydroxylation is 1. The predicted molar refractivity (Wildman–Crippen MR) is 99.2 cm³/mol. The lowest BCUT2D eigenvalue weighted by atomic mass is 9.93. The number of hydrogen-bond acceptors (Lipinski definition) is 3. The Balaban J connectivity index is 0.00000100. The first kappa shape index (κ1) is 17.9. The number of Topliss-reactive ketones (excluding diaryl/α,β-unsaturated/α-hetero) is 1. The lowest BCUT2D eigenvalue weighted by Gasteiger charge is -2.10. The van der Waals surface area contributed by atoms with Gasteiger partial charge in [-0.15, -0.1) is 0 Å². The van der Waals surface area contributed by atoms with E-state index in [9.17, 15) is 4.79 Å². The molecule has 0 aliphatic carbocycles. The molecule has 1 unspecified atom stereocenters. The highest BCUT2D eigenvalue weighted by Gasteiger charge is 2.16. The molecule has 0 bridgehead atoms. The van der Waals surface area contributed by atoms with Crippen LogP contribution in [0.2, 0.25) is 0 Å². The molecule has 0 N–H and O–H groups in total. The summed E-state index contributed by atoms with van der Waals surface area (Å²) in [6, 6.07) is 13.9. The SMILES string of the molecule is CC.CCC(C(C)=O)c1ccc2oc(-c3ccc(C)cc3)nc2c1. The molecular weight excluding hydrogens is 298 g/mol. The van der Waals surface area contributed by atoms with E-state index in [-0.39, 0.29) is 11.7 Å². The molecule has 1 heterocycles. The van der Waals surface area contributed by atoms with Gasteiger partial charge in [-0.2, -0.15) is 0 Å². The summed E-state index contributed by atoms with van der Waals surface area (Å²) in [6.45, 7) is 9.71. The molecule has 0 amide bonds. The van der Waals surface area contributed by atoms with Crippen LogP contribution in [0, 0.1) is 6.92 Å². The van der Waals surface area contributed by atoms with E-state index in [1.165, 1.54) is 5.56 Å². The van der Waals surface area contributed by atoms with Gasteiger partial charge in [0.05, 0.1) is 0 Å². The lowest BCUT2D eigenvalue weighted by Crippen LogP contribution is -2.07. The van der Waals surface area contributed by atoms with Crippen LogP contribution in [0.25, 0.3) is 22.6 Å². The number of ketones is 1. The number of fused-ring (bicyclic) bond motifs is 1. The molecule has 0 radical (unpaired) electrons. The number of nitrogens with zero attached hydrogens (tertiary/aromatic N) is 1. The average molecular weight is 323 g/mol. The monoisotopic (exact) mass is 323 g/mol. The van der Waals surface area contributed by atoms with Crippen molar-refractivity contribution in [2.45, 2.75) is 47.0 Å². The van der Waals surface area contributed by atoms with Gasteiger partial charge in [-0.3, -0.25) is 4.79 Å². The molecule has 0 spiro atoms. The third kappa shape index (κ3) is 3.73. The summed E-state index contributed by atoms with van der Waals surface area (Å²) in [5, 5.41) is 0. The Labute approximate surface area is 143 Å². The van der Waals surface area contributed by atoms with Crippen molar-refractivity contribution < 1.29 is 9.21 Å². The lowest BCUT2D eigenvalue weighted by molar-refractivity contribution is -0.118. The Hall–Kier alpha value is -2.42. The van der Waals surface area contributed by atoms with Crippen molar-refractivity contribution in [2.24, 2.45) is 0 Å². The number of hydrogen-bond donors (Lipinski definition) is 0. The minimum atomic E-state index is -0.0658. The van der Waals surface area contributed by atoms with Crippen LogP contribution in [0.5, 0.6) is 0 Å². The van der Waals surface area contributed by atoms with Crippen LogP contribution < -0.4 is 0 Å². The van der Waals surface area contributed by atoms with Gasteiger partial charge in [0.1, 0.15) is 11.3 Å². The highest BCUT2D eigenvalue weighted by Crippen LogP contribution is 2.28. The highest BCUT2D eigenvalue weighted by atomic mass is 16.3. The maximum absolute atomic E-state index is 11.7. The zero-order valence-electron chi connectivity index (χ0n) is 15.1. The van der Waals surface area contributed by atoms with Gasteiger partial charge in [-0.25, -0.2) is 4.98 Å². The molecule has 3 aromatic rings. The van der Waals surface area contributed by atoms with E-state index >= 15 is 0 Å². The van der Waals surface area contributed by atoms with E-state index in [1.807, 2.05) is 63.2 Å². The number of carbonyl (C=O) groups is 1. The fourth-order valence-electron chi connectivity index (χ4n) is 2.74. The summed E-state index contributed by atoms with van der Waals surface area (Å²) in [4.78, 5) is 16.3. The second-order valence-corrected chi connectivity index (χ2v) is 5.68. The summed E-state index contributed by atoms with van der Waals surface area (Å²) in [5.41, 5.74) is 4.72. The van der Waals surface area contributed by atoms with E-state index in [4.69, 9.17) is 4.42 Å². The van der Waals surface area contributed by atoms with Crippen LogP contribution in [0.15, 0.2) is 46.9 Å². The molecule has 0 aliphatic heterocycles. The molecule has 0 saturated heterocycles. The van der Waals surface area contributed by atoms with Crippen molar-refractivity contribution in [3.05, 3.63) is 53.6 Å². The first-order chi connectivity index (χ1) is 11.6. The molecule has 3 nitrogen and oxygen atoms in total. The van der Waals surface area contributed by atoms with Crippen LogP contribution in [-0.2, 0) is 4.79 Å². The number of aromatic nitrogens is 1. The minimum Gasteiger partial charge on any atom is -0.436 e. The van der Waals surface area contributed by atoms with Gasteiger partial charge < -0.3 is 4.42 Å². The second kappa shape index (κ2) is 7.91. The van der Waals surface area contributed by atoms with Gasteiger partial charge >= 0.3 is 0 Å². The number of benzene rings is 2. The molecule has 1 aromatic heterocycles. The standard InChI is InChI=1S/C19H19NO2.C2H6/c1-4-16(13(3)21)15-9-10-18-17(11-15)20-19(22-18)14-7-5-12(2)6-8-14;1-2/h5-11,16H,4H2,1-3H3;1-2H3. The molecule has 24 heavy (non-hydrogen) atoms. The van der Waals surface area contributed by atoms with Crippen LogP contribution in [0.4, 0.5) is 0 Å². The van der Waals surface area contributed by atoms with Crippen LogP contribution in [-0.4, -0.2) is 10.8 Å². The van der Waals surface area contributed by atoms with Gasteiger partial charge in [0, 0.05) is 11.5 Å². The van der Waals surface area contributed by atoms with Crippen molar-refractivity contribution in [1.29, 1.82) is 0 Å². The number of oxazole rings is 1. The predicted octanol–water partition coefficient (Wildman–Crippen LogP) is 5.91. The first-order valence-electron chi connectivity index (χ1n) is 8.56. The Morgan fingerprint density at radius 3 is 2.38 bits per heavy atom. The molecule has 0 fully saturated rings. The van der Waals surface area contributed by atoms with Crippen molar-refractivity contribution in [1.82, 2.24) is 4.98 Å². The maximum Gasteiger partial charge on any atom is 0.227 e. The van der Waals surface area contributed by atoms with E-state index in [0.717, 1.165) is 28.6 Å². The van der Waals surface area contributed by atoms with Crippen molar-refractivity contribution in [2.75, 3.05) is 0 Å². The van der Waals surface area contributed by atoms with Gasteiger partial charge in [-0.05, 0) is 50.1 Å². The largest absolute Gasteiger partial charge is 0.436 e. The Morgan fingerprint density at radius 1 is 1.12 bits per heavy atom. The van der Waals surface area contributed by atoms with Gasteiger partial charge in [0.15, 0.2) is 5.58 Å². The van der Waals surface area contributed by atoms with Crippen LogP contribution >= 0.6 is 0 Å². The molecule has 1 atom stereocenters. The number of rotatable bonds is 4. The van der Waals surface area contributed by atoms with E-state index in [2.05, 4.69) is 11.9 Å². The summed E-state index contributed by atoms with van der Waals surface area (Å²) >= 11 is 0. The zero-order valence-corrected chi connectivity index (χ0v) is 15.1. The highest BCUT2D eigenvalue weighted by molar-refractivity contribution is 5.85. The Morgan fingerprint density at radius 2 is 1.79 bits per heavy atom. The fraction of sp³-hybridized carbons (Fsp3) is 0.333. The smallest absolute Gasteiger partial charge is 0.227 e. The molecule has 126 valence electrons. The van der Waals surface area contributed by atoms with Gasteiger partial charge in [0.25, 0.3) is 0 Å². The van der Waals surface area contributed by atoms with E-state index in [0.29, 0.717) is 5.89 Å². The molecular formula is C21H25NO2. The summed E-state index contributed by atoms with van der Waals surface area (Å²) in [6.07, 6.45) is 0.795. The zero-order chi connectivity index (χ0) is 17.7. The molecule has 2 aromatic carbocycles. The number of carbonyl (C=O) groups excluding carboxylic acids is 1. The summed E-state index contributed by atoms with van der Waals surface area (Å²) < 4.78 is 5.83.